The molecule has 1 aliphatic heterocycles. The normalized spacial score (nSPS) is 17.1. The molecule has 1 N–H and O–H groups in total. The van der Waals surface area contributed by atoms with E-state index in [1.54, 1.807) is 41.1 Å². The van der Waals surface area contributed by atoms with Crippen LogP contribution in [0.3, 0.4) is 0 Å². The van der Waals surface area contributed by atoms with Crippen LogP contribution >= 0.6 is 11.6 Å². The quantitative estimate of drug-likeness (QED) is 0.282. The molecule has 4 heterocycles. The van der Waals surface area contributed by atoms with E-state index in [2.05, 4.69) is 33.2 Å². The first kappa shape index (κ1) is 27.9. The van der Waals surface area contributed by atoms with Crippen LogP contribution in [0.15, 0.2) is 59.8 Å². The van der Waals surface area contributed by atoms with Crippen LogP contribution in [0.1, 0.15) is 60.1 Å². The highest BCUT2D eigenvalue weighted by Crippen LogP contribution is 2.35. The van der Waals surface area contributed by atoms with Gasteiger partial charge in [-0.05, 0) is 85.2 Å². The maximum atomic E-state index is 13.6. The molecule has 0 bridgehead atoms. The summed E-state index contributed by atoms with van der Waals surface area (Å²) in [6.07, 6.45) is 9.71. The van der Waals surface area contributed by atoms with Crippen molar-refractivity contribution in [1.82, 2.24) is 24.0 Å². The van der Waals surface area contributed by atoms with Crippen molar-refractivity contribution in [3.63, 3.8) is 0 Å². The van der Waals surface area contributed by atoms with Crippen LogP contribution in [0.5, 0.6) is 0 Å². The molecule has 4 aromatic rings. The number of nitriles is 1. The monoisotopic (exact) mass is 581 g/mol. The highest BCUT2D eigenvalue weighted by atomic mass is 35.5. The van der Waals surface area contributed by atoms with Crippen LogP contribution in [0.25, 0.3) is 22.5 Å². The van der Waals surface area contributed by atoms with E-state index >= 15 is 0 Å². The molecule has 9 nitrogen and oxygen atoms in total. The van der Waals surface area contributed by atoms with Gasteiger partial charge in [0.25, 0.3) is 11.5 Å². The van der Waals surface area contributed by atoms with Gasteiger partial charge in [-0.1, -0.05) is 24.6 Å². The van der Waals surface area contributed by atoms with E-state index in [-0.39, 0.29) is 28.1 Å². The van der Waals surface area contributed by atoms with Crippen LogP contribution in [0.2, 0.25) is 5.15 Å². The number of halogens is 1. The third-order valence-electron chi connectivity index (χ3n) is 7.99. The predicted molar refractivity (Wildman–Crippen MR) is 162 cm³/mol. The number of hydrogen-bond acceptors (Lipinski definition) is 6. The molecule has 1 saturated heterocycles. The second-order valence-electron chi connectivity index (χ2n) is 11.4. The predicted octanol–water partition coefficient (Wildman–Crippen LogP) is 5.65. The van der Waals surface area contributed by atoms with Crippen molar-refractivity contribution in [1.29, 1.82) is 5.26 Å². The Balaban J connectivity index is 1.33. The lowest BCUT2D eigenvalue weighted by atomic mass is 9.97. The number of aromatic nitrogens is 4. The van der Waals surface area contributed by atoms with Crippen LogP contribution in [0.4, 0.5) is 5.82 Å². The van der Waals surface area contributed by atoms with Crippen molar-refractivity contribution in [2.75, 3.05) is 18.4 Å². The lowest BCUT2D eigenvalue weighted by Gasteiger charge is -2.31. The maximum absolute atomic E-state index is 13.6. The highest BCUT2D eigenvalue weighted by Gasteiger charge is 2.28. The number of nitrogens with zero attached hydrogens (tertiary/aromatic N) is 6. The summed E-state index contributed by atoms with van der Waals surface area (Å²) >= 11 is 6.44. The Morgan fingerprint density at radius 3 is 2.71 bits per heavy atom. The second-order valence-corrected chi connectivity index (χ2v) is 11.8. The van der Waals surface area contributed by atoms with Crippen LogP contribution in [0, 0.1) is 17.2 Å². The van der Waals surface area contributed by atoms with E-state index in [1.807, 2.05) is 30.1 Å². The fraction of sp³-hybridized carbons (Fsp3) is 0.344. The number of amides is 1. The molecular weight excluding hydrogens is 550 g/mol. The van der Waals surface area contributed by atoms with Crippen LogP contribution in [-0.4, -0.2) is 43.0 Å². The number of rotatable bonds is 7. The van der Waals surface area contributed by atoms with Gasteiger partial charge in [0.15, 0.2) is 0 Å². The summed E-state index contributed by atoms with van der Waals surface area (Å²) in [7, 11) is 1.88. The molecule has 2 fully saturated rings. The van der Waals surface area contributed by atoms with E-state index in [1.165, 1.54) is 6.42 Å². The smallest absolute Gasteiger partial charge is 0.263 e. The molecular formula is C32H32ClN7O2. The van der Waals surface area contributed by atoms with E-state index in [4.69, 9.17) is 11.6 Å². The first-order valence-corrected chi connectivity index (χ1v) is 14.7. The molecule has 0 spiro atoms. The second kappa shape index (κ2) is 11.6. The molecule has 6 rings (SSSR count). The Morgan fingerprint density at radius 1 is 1.17 bits per heavy atom. The van der Waals surface area contributed by atoms with Crippen LogP contribution < -0.4 is 10.9 Å². The standard InChI is InChI=1S/C32H32ClN7O2/c1-20-4-3-10-39(17-20)18-22-13-27(32(42)40(19-22)24-6-7-24)31(41)37-29-15-23(14-28(33)36-29)25-8-5-21(16-34)12-26(25)30-35-9-11-38(30)2/h5,8-9,11-15,19-20,24H,3-4,6-7,10,17-18H2,1-2H3,(H,36,37,41)/t20-/m0/s1. The van der Waals surface area contributed by atoms with Gasteiger partial charge < -0.3 is 14.5 Å². The fourth-order valence-electron chi connectivity index (χ4n) is 5.80. The van der Waals surface area contributed by atoms with Gasteiger partial charge >= 0.3 is 0 Å². The molecule has 1 amide bonds. The van der Waals surface area contributed by atoms with Gasteiger partial charge in [0.1, 0.15) is 22.4 Å². The Bertz CT molecular complexity index is 1770. The summed E-state index contributed by atoms with van der Waals surface area (Å²) in [5.74, 6) is 1.02. The molecule has 10 heteroatoms. The number of nitrogens with one attached hydrogen (secondary N) is 1. The number of carbonyl (C=O) groups excluding carboxylic acids is 1. The molecule has 0 unspecified atom stereocenters. The summed E-state index contributed by atoms with van der Waals surface area (Å²) in [5, 5.41) is 12.5. The Kier molecular flexibility index (Phi) is 7.67. The largest absolute Gasteiger partial charge is 0.334 e. The third kappa shape index (κ3) is 5.87. The van der Waals surface area contributed by atoms with E-state index in [9.17, 15) is 14.9 Å². The van der Waals surface area contributed by atoms with Crippen molar-refractivity contribution in [2.24, 2.45) is 13.0 Å². The summed E-state index contributed by atoms with van der Waals surface area (Å²) in [6, 6.07) is 12.8. The molecule has 214 valence electrons. The van der Waals surface area contributed by atoms with Gasteiger partial charge in [-0.15, -0.1) is 0 Å². The zero-order valence-corrected chi connectivity index (χ0v) is 24.4. The number of aryl methyl sites for hydroxylation is 1. The molecule has 2 aliphatic rings. The number of anilines is 1. The maximum Gasteiger partial charge on any atom is 0.263 e. The molecule has 1 aliphatic carbocycles. The van der Waals surface area contributed by atoms with Crippen molar-refractivity contribution < 1.29 is 4.79 Å². The molecule has 1 aromatic carbocycles. The third-order valence-corrected chi connectivity index (χ3v) is 8.18. The topological polar surface area (TPSA) is 109 Å². The van der Waals surface area contributed by atoms with E-state index < -0.39 is 5.91 Å². The number of likely N-dealkylation sites (tertiary alicyclic amines) is 1. The minimum Gasteiger partial charge on any atom is -0.334 e. The minimum atomic E-state index is -0.520. The van der Waals surface area contributed by atoms with Crippen molar-refractivity contribution >= 4 is 23.3 Å². The summed E-state index contributed by atoms with van der Waals surface area (Å²) in [4.78, 5) is 38.2. The molecule has 1 atom stereocenters. The number of imidazole rings is 1. The molecule has 42 heavy (non-hydrogen) atoms. The Morgan fingerprint density at radius 2 is 2.00 bits per heavy atom. The first-order valence-electron chi connectivity index (χ1n) is 14.3. The van der Waals surface area contributed by atoms with Gasteiger partial charge in [-0.3, -0.25) is 14.5 Å². The number of benzene rings is 1. The van der Waals surface area contributed by atoms with Gasteiger partial charge in [-0.2, -0.15) is 5.26 Å². The summed E-state index contributed by atoms with van der Waals surface area (Å²) in [5.41, 5.74) is 3.47. The highest BCUT2D eigenvalue weighted by molar-refractivity contribution is 6.30. The lowest BCUT2D eigenvalue weighted by Crippen LogP contribution is -2.35. The molecule has 1 saturated carbocycles. The SMILES string of the molecule is C[C@H]1CCCN(Cc2cc(C(=O)Nc3cc(-c4ccc(C#N)cc4-c4nccn4C)cc(Cl)n3)c(=O)n(C3CC3)c2)C1. The lowest BCUT2D eigenvalue weighted by molar-refractivity contribution is 0.102. The number of pyridine rings is 2. The number of carbonyl (C=O) groups is 1. The average Bonchev–Trinajstić information content (AvgIpc) is 3.72. The summed E-state index contributed by atoms with van der Waals surface area (Å²) < 4.78 is 3.60. The van der Waals surface area contributed by atoms with Crippen molar-refractivity contribution in [3.05, 3.63) is 87.2 Å². The Labute approximate surface area is 249 Å². The minimum absolute atomic E-state index is 0.0971. The van der Waals surface area contributed by atoms with Gasteiger partial charge in [0, 0.05) is 50.3 Å². The van der Waals surface area contributed by atoms with Gasteiger partial charge in [0.2, 0.25) is 0 Å². The van der Waals surface area contributed by atoms with Crippen LogP contribution in [-0.2, 0) is 13.6 Å². The fourth-order valence-corrected chi connectivity index (χ4v) is 6.01. The number of hydrogen-bond donors (Lipinski definition) is 1. The Hall–Kier alpha value is -4.26. The zero-order chi connectivity index (χ0) is 29.4. The van der Waals surface area contributed by atoms with Gasteiger partial charge in [-0.25, -0.2) is 9.97 Å². The van der Waals surface area contributed by atoms with Crippen molar-refractivity contribution in [3.8, 4) is 28.6 Å². The number of piperidine rings is 1. The van der Waals surface area contributed by atoms with E-state index in [0.717, 1.165) is 49.0 Å². The van der Waals surface area contributed by atoms with Crippen molar-refractivity contribution in [2.45, 2.75) is 45.2 Å². The zero-order valence-electron chi connectivity index (χ0n) is 23.7. The summed E-state index contributed by atoms with van der Waals surface area (Å²) in [6.45, 7) is 4.99. The first-order chi connectivity index (χ1) is 20.3. The molecule has 3 aromatic heterocycles. The average molecular weight is 582 g/mol. The van der Waals surface area contributed by atoms with E-state index in [0.29, 0.717) is 29.4 Å². The molecule has 0 radical (unpaired) electrons. The van der Waals surface area contributed by atoms with Gasteiger partial charge in [0.05, 0.1) is 11.6 Å².